The summed E-state index contributed by atoms with van der Waals surface area (Å²) in [4.78, 5) is 36.8. The molecule has 0 bridgehead atoms. The van der Waals surface area contributed by atoms with Crippen molar-refractivity contribution in [2.24, 2.45) is 0 Å². The number of hydrogen-bond donors (Lipinski definition) is 0. The number of hydrogen-bond acceptors (Lipinski definition) is 4. The van der Waals surface area contributed by atoms with Gasteiger partial charge in [-0.25, -0.2) is 4.98 Å². The molecule has 1 aliphatic rings. The van der Waals surface area contributed by atoms with E-state index in [-0.39, 0.29) is 17.7 Å². The molecule has 0 spiro atoms. The number of nitrogens with zero attached hydrogens (tertiary/aromatic N) is 5. The van der Waals surface area contributed by atoms with E-state index in [0.29, 0.717) is 17.8 Å². The number of carbonyl (C=O) groups is 2. The van der Waals surface area contributed by atoms with Crippen LogP contribution in [-0.4, -0.2) is 63.3 Å². The highest BCUT2D eigenvalue weighted by atomic mass is 16.2. The molecule has 1 saturated heterocycles. The van der Waals surface area contributed by atoms with Crippen molar-refractivity contribution in [3.05, 3.63) is 47.8 Å². The lowest BCUT2D eigenvalue weighted by Gasteiger charge is -2.32. The molecular formula is C19H25N5O2. The third-order valence-electron chi connectivity index (χ3n) is 4.84. The fourth-order valence-corrected chi connectivity index (χ4v) is 3.35. The van der Waals surface area contributed by atoms with Gasteiger partial charge in [0.15, 0.2) is 0 Å². The van der Waals surface area contributed by atoms with Crippen LogP contribution in [0.5, 0.6) is 0 Å². The Bertz CT molecular complexity index is 781. The zero-order valence-electron chi connectivity index (χ0n) is 15.6. The predicted octanol–water partition coefficient (Wildman–Crippen LogP) is 2.02. The van der Waals surface area contributed by atoms with Gasteiger partial charge in [0.2, 0.25) is 0 Å². The second-order valence-corrected chi connectivity index (χ2v) is 6.83. The first-order valence-corrected chi connectivity index (χ1v) is 8.98. The van der Waals surface area contributed by atoms with Gasteiger partial charge in [-0.1, -0.05) is 0 Å². The topological polar surface area (TPSA) is 71.3 Å². The van der Waals surface area contributed by atoms with Crippen molar-refractivity contribution < 1.29 is 9.59 Å². The third kappa shape index (κ3) is 3.61. The normalized spacial score (nSPS) is 17.2. The Morgan fingerprint density at radius 1 is 1.27 bits per heavy atom. The molecule has 138 valence electrons. The van der Waals surface area contributed by atoms with Crippen LogP contribution in [0.4, 0.5) is 0 Å². The third-order valence-corrected chi connectivity index (χ3v) is 4.84. The summed E-state index contributed by atoms with van der Waals surface area (Å²) in [5.41, 5.74) is 2.14. The number of aromatic nitrogens is 3. The summed E-state index contributed by atoms with van der Waals surface area (Å²) < 4.78 is 1.87. The van der Waals surface area contributed by atoms with Gasteiger partial charge in [-0.15, -0.1) is 0 Å². The van der Waals surface area contributed by atoms with Gasteiger partial charge in [0.25, 0.3) is 11.8 Å². The van der Waals surface area contributed by atoms with E-state index in [1.54, 1.807) is 32.8 Å². The number of aryl methyl sites for hydroxylation is 1. The molecule has 0 radical (unpaired) electrons. The first-order chi connectivity index (χ1) is 12.5. The standard InChI is InChI=1S/C19H25N5O2/c1-4-23-13-20-11-17(23)19(26)24-9-5-6-15(12-24)16-8-7-14(10-21-16)18(25)22(2)3/h7-8,10-11,13,15H,4-6,9,12H2,1-3H3. The zero-order valence-corrected chi connectivity index (χ0v) is 15.6. The highest BCUT2D eigenvalue weighted by molar-refractivity contribution is 5.93. The van der Waals surface area contributed by atoms with E-state index in [1.807, 2.05) is 28.5 Å². The Morgan fingerprint density at radius 3 is 2.73 bits per heavy atom. The minimum Gasteiger partial charge on any atom is -0.345 e. The first kappa shape index (κ1) is 18.1. The molecule has 7 heteroatoms. The van der Waals surface area contributed by atoms with E-state index in [9.17, 15) is 9.59 Å². The fourth-order valence-electron chi connectivity index (χ4n) is 3.35. The fraction of sp³-hybridized carbons (Fsp3) is 0.474. The maximum absolute atomic E-state index is 12.8. The smallest absolute Gasteiger partial charge is 0.272 e. The van der Waals surface area contributed by atoms with Gasteiger partial charge in [-0.2, -0.15) is 0 Å². The van der Waals surface area contributed by atoms with Crippen LogP contribution in [-0.2, 0) is 6.54 Å². The molecule has 2 aromatic heterocycles. The summed E-state index contributed by atoms with van der Waals surface area (Å²) in [6.45, 7) is 4.11. The summed E-state index contributed by atoms with van der Waals surface area (Å²) in [5, 5.41) is 0. The molecule has 0 aliphatic carbocycles. The Hall–Kier alpha value is -2.70. The molecule has 1 aliphatic heterocycles. The van der Waals surface area contributed by atoms with E-state index < -0.39 is 0 Å². The van der Waals surface area contributed by atoms with Crippen LogP contribution in [0.25, 0.3) is 0 Å². The van der Waals surface area contributed by atoms with Crippen molar-refractivity contribution in [1.29, 1.82) is 0 Å². The number of likely N-dealkylation sites (tertiary alicyclic amines) is 1. The van der Waals surface area contributed by atoms with Crippen LogP contribution in [0.3, 0.4) is 0 Å². The summed E-state index contributed by atoms with van der Waals surface area (Å²) >= 11 is 0. The van der Waals surface area contributed by atoms with Gasteiger partial charge in [-0.05, 0) is 31.9 Å². The van der Waals surface area contributed by atoms with Gasteiger partial charge in [0, 0.05) is 51.5 Å². The number of amides is 2. The number of carbonyl (C=O) groups excluding carboxylic acids is 2. The lowest BCUT2D eigenvalue weighted by molar-refractivity contribution is 0.0695. The summed E-state index contributed by atoms with van der Waals surface area (Å²) in [6.07, 6.45) is 6.89. The van der Waals surface area contributed by atoms with Gasteiger partial charge in [-0.3, -0.25) is 14.6 Å². The first-order valence-electron chi connectivity index (χ1n) is 8.98. The molecule has 1 unspecified atom stereocenters. The quantitative estimate of drug-likeness (QED) is 0.841. The number of imidazole rings is 1. The molecule has 2 aromatic rings. The van der Waals surface area contributed by atoms with Crippen molar-refractivity contribution in [2.75, 3.05) is 27.2 Å². The predicted molar refractivity (Wildman–Crippen MR) is 98.0 cm³/mol. The van der Waals surface area contributed by atoms with E-state index in [0.717, 1.165) is 31.6 Å². The van der Waals surface area contributed by atoms with E-state index in [2.05, 4.69) is 9.97 Å². The molecule has 7 nitrogen and oxygen atoms in total. The minimum absolute atomic E-state index is 0.0217. The van der Waals surface area contributed by atoms with E-state index in [4.69, 9.17) is 0 Å². The molecule has 1 fully saturated rings. The van der Waals surface area contributed by atoms with Gasteiger partial charge in [0.05, 0.1) is 18.1 Å². The average molecular weight is 355 g/mol. The lowest BCUT2D eigenvalue weighted by Crippen LogP contribution is -2.40. The van der Waals surface area contributed by atoms with Crippen LogP contribution in [0.1, 0.15) is 52.2 Å². The molecule has 3 rings (SSSR count). The van der Waals surface area contributed by atoms with Crippen molar-refractivity contribution >= 4 is 11.8 Å². The zero-order chi connectivity index (χ0) is 18.7. The van der Waals surface area contributed by atoms with Crippen LogP contribution in [0.15, 0.2) is 30.9 Å². The maximum Gasteiger partial charge on any atom is 0.272 e. The Kier molecular flexibility index (Phi) is 5.35. The Morgan fingerprint density at radius 2 is 2.08 bits per heavy atom. The molecular weight excluding hydrogens is 330 g/mol. The number of rotatable bonds is 4. The number of piperidine rings is 1. The minimum atomic E-state index is -0.0580. The van der Waals surface area contributed by atoms with Gasteiger partial charge < -0.3 is 14.4 Å². The number of pyridine rings is 1. The van der Waals surface area contributed by atoms with Crippen molar-refractivity contribution in [3.63, 3.8) is 0 Å². The second-order valence-electron chi connectivity index (χ2n) is 6.83. The largest absolute Gasteiger partial charge is 0.345 e. The lowest BCUT2D eigenvalue weighted by atomic mass is 9.93. The Balaban J connectivity index is 1.72. The molecule has 2 amide bonds. The van der Waals surface area contributed by atoms with Gasteiger partial charge >= 0.3 is 0 Å². The molecule has 1 atom stereocenters. The molecule has 26 heavy (non-hydrogen) atoms. The van der Waals surface area contributed by atoms with Crippen LogP contribution < -0.4 is 0 Å². The maximum atomic E-state index is 12.8. The van der Waals surface area contributed by atoms with E-state index >= 15 is 0 Å². The summed E-state index contributed by atoms with van der Waals surface area (Å²) in [5.74, 6) is 0.153. The SMILES string of the molecule is CCn1cncc1C(=O)N1CCCC(c2ccc(C(=O)N(C)C)cn2)C1. The summed E-state index contributed by atoms with van der Waals surface area (Å²) in [6, 6.07) is 3.73. The van der Waals surface area contributed by atoms with Crippen molar-refractivity contribution in [3.8, 4) is 0 Å². The van der Waals surface area contributed by atoms with Crippen molar-refractivity contribution in [2.45, 2.75) is 32.2 Å². The van der Waals surface area contributed by atoms with Crippen LogP contribution in [0.2, 0.25) is 0 Å². The van der Waals surface area contributed by atoms with Crippen LogP contribution in [0, 0.1) is 0 Å². The molecule has 0 saturated carbocycles. The summed E-state index contributed by atoms with van der Waals surface area (Å²) in [7, 11) is 3.45. The molecule has 0 N–H and O–H groups in total. The van der Waals surface area contributed by atoms with Gasteiger partial charge in [0.1, 0.15) is 5.69 Å². The molecule has 3 heterocycles. The highest BCUT2D eigenvalue weighted by Gasteiger charge is 2.27. The second kappa shape index (κ2) is 7.68. The monoisotopic (exact) mass is 355 g/mol. The van der Waals surface area contributed by atoms with Crippen molar-refractivity contribution in [1.82, 2.24) is 24.3 Å². The Labute approximate surface area is 153 Å². The van der Waals surface area contributed by atoms with E-state index in [1.165, 1.54) is 4.90 Å². The highest BCUT2D eigenvalue weighted by Crippen LogP contribution is 2.26. The van der Waals surface area contributed by atoms with Crippen LogP contribution >= 0.6 is 0 Å². The molecule has 0 aromatic carbocycles. The average Bonchev–Trinajstić information content (AvgIpc) is 3.15.